The summed E-state index contributed by atoms with van der Waals surface area (Å²) in [5.41, 5.74) is 4.77. The number of amides is 2. The summed E-state index contributed by atoms with van der Waals surface area (Å²) in [6.07, 6.45) is 2.59. The molecule has 4 aromatic carbocycles. The van der Waals surface area contributed by atoms with Crippen molar-refractivity contribution < 1.29 is 23.5 Å². The topological polar surface area (TPSA) is 108 Å². The predicted octanol–water partition coefficient (Wildman–Crippen LogP) is 7.95. The Balaban J connectivity index is 1.18. The highest BCUT2D eigenvalue weighted by Crippen LogP contribution is 2.51. The molecule has 1 saturated carbocycles. The standard InChI is InChI=1S/C36H29ClN4O5/c1-44-24-15-13-22(14-16-24)38-36(43)34-33(25-10-6-7-11-30(25)46-34)39-35(42)27-19-26(27)28-20-41(23-8-4-3-5-9-23)40-32(28)21-12-17-31(45-2)29(37)18-21/h3-18,20,26-27H,19H2,1-2H3,(H,38,43)(H,39,42). The number of benzene rings is 4. The first-order valence-corrected chi connectivity index (χ1v) is 15.1. The first-order chi connectivity index (χ1) is 22.4. The van der Waals surface area contributed by atoms with Crippen LogP contribution < -0.4 is 20.1 Å². The maximum absolute atomic E-state index is 13.8. The number of carbonyl (C=O) groups is 2. The van der Waals surface area contributed by atoms with Crippen LogP contribution in [0.25, 0.3) is 27.9 Å². The normalized spacial score (nSPS) is 15.4. The van der Waals surface area contributed by atoms with Gasteiger partial charge in [-0.15, -0.1) is 0 Å². The molecule has 0 spiro atoms. The number of nitrogens with zero attached hydrogens (tertiary/aromatic N) is 2. The van der Waals surface area contributed by atoms with Gasteiger partial charge in [0.25, 0.3) is 5.91 Å². The zero-order valence-corrected chi connectivity index (χ0v) is 25.7. The molecule has 0 aliphatic heterocycles. The van der Waals surface area contributed by atoms with Crippen LogP contribution in [0.4, 0.5) is 11.4 Å². The van der Waals surface area contributed by atoms with Crippen molar-refractivity contribution in [2.24, 2.45) is 5.92 Å². The number of methoxy groups -OCH3 is 2. The number of carbonyl (C=O) groups excluding carboxylic acids is 2. The summed E-state index contributed by atoms with van der Waals surface area (Å²) in [7, 11) is 3.15. The molecule has 0 bridgehead atoms. The Morgan fingerprint density at radius 2 is 1.67 bits per heavy atom. The van der Waals surface area contributed by atoms with Gasteiger partial charge in [-0.1, -0.05) is 41.9 Å². The number of para-hydroxylation sites is 2. The van der Waals surface area contributed by atoms with E-state index in [0.717, 1.165) is 22.5 Å². The van der Waals surface area contributed by atoms with Crippen LogP contribution in [0.15, 0.2) is 108 Å². The summed E-state index contributed by atoms with van der Waals surface area (Å²) < 4.78 is 18.3. The summed E-state index contributed by atoms with van der Waals surface area (Å²) in [6.45, 7) is 0. The number of nitrogens with one attached hydrogen (secondary N) is 2. The van der Waals surface area contributed by atoms with Gasteiger partial charge in [0, 0.05) is 40.2 Å². The van der Waals surface area contributed by atoms with Crippen molar-refractivity contribution in [2.75, 3.05) is 24.9 Å². The van der Waals surface area contributed by atoms with Crippen molar-refractivity contribution in [2.45, 2.75) is 12.3 Å². The molecule has 2 unspecified atom stereocenters. The highest BCUT2D eigenvalue weighted by Gasteiger charge is 2.46. The lowest BCUT2D eigenvalue weighted by atomic mass is 10.0. The van der Waals surface area contributed by atoms with Crippen molar-refractivity contribution in [3.05, 3.63) is 120 Å². The van der Waals surface area contributed by atoms with Crippen molar-refractivity contribution >= 4 is 45.8 Å². The number of furan rings is 1. The van der Waals surface area contributed by atoms with Crippen LogP contribution in [0.5, 0.6) is 11.5 Å². The highest BCUT2D eigenvalue weighted by atomic mass is 35.5. The smallest absolute Gasteiger partial charge is 0.293 e. The van der Waals surface area contributed by atoms with Crippen LogP contribution in [0.3, 0.4) is 0 Å². The number of hydrogen-bond acceptors (Lipinski definition) is 6. The zero-order valence-electron chi connectivity index (χ0n) is 25.0. The van der Waals surface area contributed by atoms with Crippen molar-refractivity contribution in [3.8, 4) is 28.4 Å². The third-order valence-electron chi connectivity index (χ3n) is 8.11. The Bertz CT molecular complexity index is 2070. The average molecular weight is 633 g/mol. The van der Waals surface area contributed by atoms with Crippen LogP contribution in [0.2, 0.25) is 5.02 Å². The summed E-state index contributed by atoms with van der Waals surface area (Å²) in [4.78, 5) is 27.2. The Morgan fingerprint density at radius 1 is 0.913 bits per heavy atom. The highest BCUT2D eigenvalue weighted by molar-refractivity contribution is 6.32. The Hall–Kier alpha value is -5.54. The SMILES string of the molecule is COc1ccc(NC(=O)c2oc3ccccc3c2NC(=O)C2CC2c2cn(-c3ccccc3)nc2-c2ccc(OC)c(Cl)c2)cc1. The molecule has 0 radical (unpaired) electrons. The predicted molar refractivity (Wildman–Crippen MR) is 177 cm³/mol. The van der Waals surface area contributed by atoms with Gasteiger partial charge in [-0.25, -0.2) is 4.68 Å². The number of anilines is 2. The van der Waals surface area contributed by atoms with E-state index in [2.05, 4.69) is 10.6 Å². The minimum absolute atomic E-state index is 0.0213. The van der Waals surface area contributed by atoms with Crippen LogP contribution in [-0.4, -0.2) is 35.8 Å². The monoisotopic (exact) mass is 632 g/mol. The van der Waals surface area contributed by atoms with Gasteiger partial charge >= 0.3 is 0 Å². The fourth-order valence-electron chi connectivity index (χ4n) is 5.65. The summed E-state index contributed by atoms with van der Waals surface area (Å²) in [6, 6.07) is 29.5. The minimum atomic E-state index is -0.480. The molecule has 230 valence electrons. The summed E-state index contributed by atoms with van der Waals surface area (Å²) >= 11 is 6.49. The van der Waals surface area contributed by atoms with E-state index in [-0.39, 0.29) is 23.5 Å². The molecule has 1 aliphatic carbocycles. The van der Waals surface area contributed by atoms with Crippen molar-refractivity contribution in [1.82, 2.24) is 9.78 Å². The number of hydrogen-bond donors (Lipinski definition) is 2. The molecule has 1 fully saturated rings. The van der Waals surface area contributed by atoms with Gasteiger partial charge in [0.05, 0.1) is 30.6 Å². The minimum Gasteiger partial charge on any atom is -0.497 e. The number of fused-ring (bicyclic) bond motifs is 1. The van der Waals surface area contributed by atoms with Crippen LogP contribution in [0, 0.1) is 5.92 Å². The van der Waals surface area contributed by atoms with E-state index in [1.807, 2.05) is 77.6 Å². The molecule has 10 heteroatoms. The van der Waals surface area contributed by atoms with E-state index in [1.54, 1.807) is 44.6 Å². The summed E-state index contributed by atoms with van der Waals surface area (Å²) in [5, 5.41) is 11.9. The number of halogens is 1. The second-order valence-electron chi connectivity index (χ2n) is 11.0. The first kappa shape index (κ1) is 29.2. The Morgan fingerprint density at radius 3 is 2.41 bits per heavy atom. The molecule has 2 N–H and O–H groups in total. The summed E-state index contributed by atoms with van der Waals surface area (Å²) in [5.74, 6) is 0.134. The van der Waals surface area contributed by atoms with Gasteiger partial charge in [0.1, 0.15) is 22.8 Å². The fraction of sp³-hybridized carbons (Fsp3) is 0.139. The van der Waals surface area contributed by atoms with E-state index in [1.165, 1.54) is 0 Å². The van der Waals surface area contributed by atoms with Gasteiger partial charge in [0.15, 0.2) is 0 Å². The molecule has 2 amide bonds. The zero-order chi connectivity index (χ0) is 31.8. The molecule has 46 heavy (non-hydrogen) atoms. The van der Waals surface area contributed by atoms with Gasteiger partial charge < -0.3 is 24.5 Å². The molecular formula is C36H29ClN4O5. The molecule has 9 nitrogen and oxygen atoms in total. The Labute approximate surface area is 269 Å². The van der Waals surface area contributed by atoms with Crippen molar-refractivity contribution in [1.29, 1.82) is 0 Å². The van der Waals surface area contributed by atoms with Gasteiger partial charge in [-0.3, -0.25) is 9.59 Å². The molecule has 6 aromatic rings. The molecular weight excluding hydrogens is 604 g/mol. The van der Waals surface area contributed by atoms with E-state index in [0.29, 0.717) is 45.3 Å². The maximum atomic E-state index is 13.8. The molecule has 2 heterocycles. The molecule has 1 aliphatic rings. The van der Waals surface area contributed by atoms with Crippen LogP contribution in [0.1, 0.15) is 28.5 Å². The maximum Gasteiger partial charge on any atom is 0.293 e. The number of aromatic nitrogens is 2. The van der Waals surface area contributed by atoms with Gasteiger partial charge in [-0.05, 0) is 73.2 Å². The van der Waals surface area contributed by atoms with E-state index in [4.69, 9.17) is 30.6 Å². The molecule has 0 saturated heterocycles. The lowest BCUT2D eigenvalue weighted by molar-refractivity contribution is -0.117. The fourth-order valence-corrected chi connectivity index (χ4v) is 5.90. The van der Waals surface area contributed by atoms with Gasteiger partial charge in [0.2, 0.25) is 11.7 Å². The second kappa shape index (κ2) is 12.1. The largest absolute Gasteiger partial charge is 0.497 e. The first-order valence-electron chi connectivity index (χ1n) is 14.7. The quantitative estimate of drug-likeness (QED) is 0.167. The van der Waals surface area contributed by atoms with Crippen molar-refractivity contribution in [3.63, 3.8) is 0 Å². The lowest BCUT2D eigenvalue weighted by Gasteiger charge is -2.08. The second-order valence-corrected chi connectivity index (χ2v) is 11.4. The molecule has 2 aromatic heterocycles. The van der Waals surface area contributed by atoms with Crippen LogP contribution in [-0.2, 0) is 4.79 Å². The van der Waals surface area contributed by atoms with E-state index >= 15 is 0 Å². The number of rotatable bonds is 9. The average Bonchev–Trinajstić information content (AvgIpc) is 3.62. The molecule has 7 rings (SSSR count). The molecule has 2 atom stereocenters. The van der Waals surface area contributed by atoms with Gasteiger partial charge in [-0.2, -0.15) is 5.10 Å². The lowest BCUT2D eigenvalue weighted by Crippen LogP contribution is -2.18. The third kappa shape index (κ3) is 5.57. The number of ether oxygens (including phenoxy) is 2. The van der Waals surface area contributed by atoms with E-state index < -0.39 is 5.91 Å². The Kier molecular flexibility index (Phi) is 7.68. The third-order valence-corrected chi connectivity index (χ3v) is 8.41. The van der Waals surface area contributed by atoms with Crippen LogP contribution >= 0.6 is 11.6 Å². The van der Waals surface area contributed by atoms with E-state index in [9.17, 15) is 9.59 Å².